The van der Waals surface area contributed by atoms with Crippen LogP contribution in [0.2, 0.25) is 0 Å². The van der Waals surface area contributed by atoms with Crippen LogP contribution in [-0.2, 0) is 11.2 Å². The minimum absolute atomic E-state index is 0.0276. The molecule has 0 saturated heterocycles. The molecule has 0 aromatic heterocycles. The zero-order valence-corrected chi connectivity index (χ0v) is 15.3. The summed E-state index contributed by atoms with van der Waals surface area (Å²) < 4.78 is 5.12. The van der Waals surface area contributed by atoms with Crippen molar-refractivity contribution in [1.82, 2.24) is 0 Å². The second-order valence-corrected chi connectivity index (χ2v) is 6.26. The van der Waals surface area contributed by atoms with Gasteiger partial charge in [-0.3, -0.25) is 10.1 Å². The van der Waals surface area contributed by atoms with Gasteiger partial charge in [-0.15, -0.1) is 0 Å². The summed E-state index contributed by atoms with van der Waals surface area (Å²) in [4.78, 5) is 23.0. The Morgan fingerprint density at radius 3 is 1.96 bits per heavy atom. The predicted octanol–water partition coefficient (Wildman–Crippen LogP) is 4.55. The molecule has 3 aromatic carbocycles. The second-order valence-electron chi connectivity index (χ2n) is 6.26. The maximum atomic E-state index is 11.9. The first-order chi connectivity index (χ1) is 13.5. The van der Waals surface area contributed by atoms with Gasteiger partial charge in [0, 0.05) is 24.4 Å². The lowest BCUT2D eigenvalue weighted by atomic mass is 10.0. The zero-order chi connectivity index (χ0) is 19.9. The van der Waals surface area contributed by atoms with Gasteiger partial charge in [-0.2, -0.15) is 0 Å². The highest BCUT2D eigenvalue weighted by Crippen LogP contribution is 2.19. The summed E-state index contributed by atoms with van der Waals surface area (Å²) in [6, 6.07) is 21.1. The van der Waals surface area contributed by atoms with Crippen LogP contribution >= 0.6 is 0 Å². The Morgan fingerprint density at radius 1 is 0.857 bits per heavy atom. The zero-order valence-electron chi connectivity index (χ0n) is 15.3. The number of nitrogens with one attached hydrogen (secondary N) is 2. The van der Waals surface area contributed by atoms with E-state index in [1.54, 1.807) is 24.3 Å². The van der Waals surface area contributed by atoms with Crippen molar-refractivity contribution in [1.29, 1.82) is 0 Å². The van der Waals surface area contributed by atoms with Crippen LogP contribution in [0.5, 0.6) is 11.5 Å². The third-order valence-corrected chi connectivity index (χ3v) is 3.91. The van der Waals surface area contributed by atoms with Crippen LogP contribution in [0.1, 0.15) is 18.1 Å². The quantitative estimate of drug-likeness (QED) is 0.609. The van der Waals surface area contributed by atoms with Crippen molar-refractivity contribution in [3.05, 3.63) is 83.9 Å². The molecule has 3 N–H and O–H groups in total. The third-order valence-electron chi connectivity index (χ3n) is 3.91. The molecule has 142 valence electrons. The first-order valence-electron chi connectivity index (χ1n) is 8.71. The number of amides is 2. The first-order valence-corrected chi connectivity index (χ1v) is 8.71. The van der Waals surface area contributed by atoms with Gasteiger partial charge >= 0.3 is 6.09 Å². The first kappa shape index (κ1) is 19.0. The lowest BCUT2D eigenvalue weighted by molar-refractivity contribution is -0.114. The highest BCUT2D eigenvalue weighted by Gasteiger charge is 2.06. The summed E-state index contributed by atoms with van der Waals surface area (Å²) in [6.45, 7) is 1.48. The number of carbonyl (C=O) groups is 2. The molecule has 0 unspecified atom stereocenters. The number of ether oxygens (including phenoxy) is 1. The van der Waals surface area contributed by atoms with Gasteiger partial charge in [-0.1, -0.05) is 30.3 Å². The number of phenols is 1. The van der Waals surface area contributed by atoms with Gasteiger partial charge in [0.2, 0.25) is 5.91 Å². The topological polar surface area (TPSA) is 87.7 Å². The number of carbonyl (C=O) groups excluding carboxylic acids is 2. The molecule has 6 heteroatoms. The number of aromatic hydroxyl groups is 1. The maximum Gasteiger partial charge on any atom is 0.417 e. The number of anilines is 2. The minimum atomic E-state index is -0.632. The van der Waals surface area contributed by atoms with Crippen LogP contribution in [0.4, 0.5) is 16.2 Å². The van der Waals surface area contributed by atoms with Crippen LogP contribution in [0, 0.1) is 0 Å². The van der Waals surface area contributed by atoms with Gasteiger partial charge in [0.1, 0.15) is 11.5 Å². The van der Waals surface area contributed by atoms with Crippen LogP contribution < -0.4 is 15.4 Å². The normalized spacial score (nSPS) is 10.2. The molecule has 0 aliphatic carbocycles. The predicted molar refractivity (Wildman–Crippen MR) is 108 cm³/mol. The van der Waals surface area contributed by atoms with E-state index in [0.717, 1.165) is 23.2 Å². The highest BCUT2D eigenvalue weighted by atomic mass is 16.6. The van der Waals surface area contributed by atoms with Gasteiger partial charge in [0.15, 0.2) is 0 Å². The lowest BCUT2D eigenvalue weighted by Crippen LogP contribution is -2.16. The molecule has 0 radical (unpaired) electrons. The van der Waals surface area contributed by atoms with E-state index >= 15 is 0 Å². The molecule has 0 saturated carbocycles. The van der Waals surface area contributed by atoms with E-state index in [-0.39, 0.29) is 17.4 Å². The molecule has 0 aliphatic rings. The lowest BCUT2D eigenvalue weighted by Gasteiger charge is -2.08. The number of hydrogen-bond donors (Lipinski definition) is 3. The molecular weight excluding hydrogens is 356 g/mol. The summed E-state index contributed by atoms with van der Waals surface area (Å²) in [5.74, 6) is 0.190. The molecule has 3 rings (SSSR count). The fourth-order valence-corrected chi connectivity index (χ4v) is 2.65. The summed E-state index contributed by atoms with van der Waals surface area (Å²) in [5.41, 5.74) is 3.56. The molecular formula is C22H20N2O4. The standard InChI is InChI=1S/C22H20N2O4/c1-15(25)23-18-9-5-16(6-10-18)13-17-7-11-19(12-8-17)24-22(27)28-21-4-2-3-20(26)14-21/h2-12,14,26H,13H2,1H3,(H,23,25)(H,24,27). The van der Waals surface area contributed by atoms with E-state index < -0.39 is 6.09 Å². The average molecular weight is 376 g/mol. The molecule has 6 nitrogen and oxygen atoms in total. The van der Waals surface area contributed by atoms with E-state index in [1.165, 1.54) is 19.1 Å². The molecule has 2 amide bonds. The molecule has 0 atom stereocenters. The average Bonchev–Trinajstić information content (AvgIpc) is 2.64. The van der Waals surface area contributed by atoms with Crippen LogP contribution in [0.15, 0.2) is 72.8 Å². The number of rotatable bonds is 5. The highest BCUT2D eigenvalue weighted by molar-refractivity contribution is 5.88. The Morgan fingerprint density at radius 2 is 1.43 bits per heavy atom. The summed E-state index contributed by atoms with van der Waals surface area (Å²) >= 11 is 0. The van der Waals surface area contributed by atoms with Crippen molar-refractivity contribution >= 4 is 23.4 Å². The van der Waals surface area contributed by atoms with Crippen molar-refractivity contribution in [2.24, 2.45) is 0 Å². The molecule has 0 heterocycles. The van der Waals surface area contributed by atoms with E-state index in [0.29, 0.717) is 5.69 Å². The molecule has 3 aromatic rings. The van der Waals surface area contributed by atoms with E-state index in [4.69, 9.17) is 4.74 Å². The van der Waals surface area contributed by atoms with Gasteiger partial charge in [-0.05, 0) is 53.9 Å². The number of phenolic OH excluding ortho intramolecular Hbond substituents is 1. The monoisotopic (exact) mass is 376 g/mol. The Labute approximate surface area is 162 Å². The maximum absolute atomic E-state index is 11.9. The van der Waals surface area contributed by atoms with Crippen LogP contribution in [-0.4, -0.2) is 17.1 Å². The summed E-state index contributed by atoms with van der Waals surface area (Å²) in [6.07, 6.45) is 0.0980. The van der Waals surface area contributed by atoms with Crippen molar-refractivity contribution in [3.8, 4) is 11.5 Å². The molecule has 28 heavy (non-hydrogen) atoms. The Hall–Kier alpha value is -3.80. The van der Waals surface area contributed by atoms with Crippen LogP contribution in [0.3, 0.4) is 0 Å². The smallest absolute Gasteiger partial charge is 0.417 e. The molecule has 0 bridgehead atoms. The largest absolute Gasteiger partial charge is 0.508 e. The van der Waals surface area contributed by atoms with E-state index in [9.17, 15) is 14.7 Å². The Bertz CT molecular complexity index is 967. The van der Waals surface area contributed by atoms with Crippen molar-refractivity contribution in [2.75, 3.05) is 10.6 Å². The molecule has 0 aliphatic heterocycles. The fourth-order valence-electron chi connectivity index (χ4n) is 2.65. The van der Waals surface area contributed by atoms with Crippen molar-refractivity contribution in [3.63, 3.8) is 0 Å². The van der Waals surface area contributed by atoms with Crippen molar-refractivity contribution < 1.29 is 19.4 Å². The number of hydrogen-bond acceptors (Lipinski definition) is 4. The van der Waals surface area contributed by atoms with Crippen molar-refractivity contribution in [2.45, 2.75) is 13.3 Å². The molecule has 0 spiro atoms. The van der Waals surface area contributed by atoms with Gasteiger partial charge in [0.25, 0.3) is 0 Å². The summed E-state index contributed by atoms with van der Waals surface area (Å²) in [5, 5.41) is 14.8. The van der Waals surface area contributed by atoms with E-state index in [2.05, 4.69) is 10.6 Å². The van der Waals surface area contributed by atoms with Crippen LogP contribution in [0.25, 0.3) is 0 Å². The minimum Gasteiger partial charge on any atom is -0.508 e. The second kappa shape index (κ2) is 8.73. The fraction of sp³-hybridized carbons (Fsp3) is 0.0909. The number of benzene rings is 3. The third kappa shape index (κ3) is 5.60. The van der Waals surface area contributed by atoms with E-state index in [1.807, 2.05) is 36.4 Å². The summed E-state index contributed by atoms with van der Waals surface area (Å²) in [7, 11) is 0. The SMILES string of the molecule is CC(=O)Nc1ccc(Cc2ccc(NC(=O)Oc3cccc(O)c3)cc2)cc1. The Kier molecular flexibility index (Phi) is 5.91. The Balaban J connectivity index is 1.55. The van der Waals surface area contributed by atoms with Gasteiger partial charge in [0.05, 0.1) is 0 Å². The van der Waals surface area contributed by atoms with Gasteiger partial charge in [-0.25, -0.2) is 4.79 Å². The van der Waals surface area contributed by atoms with Gasteiger partial charge < -0.3 is 15.2 Å². The molecule has 0 fully saturated rings.